The Kier molecular flexibility index (Phi) is 6.24. The lowest BCUT2D eigenvalue weighted by Gasteiger charge is -2.09. The minimum absolute atomic E-state index is 0.122. The van der Waals surface area contributed by atoms with E-state index in [1.165, 1.54) is 24.4 Å². The van der Waals surface area contributed by atoms with Crippen molar-refractivity contribution in [1.29, 1.82) is 5.41 Å². The highest BCUT2D eigenvalue weighted by atomic mass is 19.4. The van der Waals surface area contributed by atoms with Crippen LogP contribution in [0.25, 0.3) is 11.4 Å². The second-order valence-electron chi connectivity index (χ2n) is 6.15. The summed E-state index contributed by atoms with van der Waals surface area (Å²) in [5.41, 5.74) is 5.45. The average Bonchev–Trinajstić information content (AvgIpc) is 3.16. The molecule has 0 aliphatic carbocycles. The van der Waals surface area contributed by atoms with Crippen LogP contribution in [0.4, 0.5) is 24.8 Å². The van der Waals surface area contributed by atoms with Crippen LogP contribution in [-0.4, -0.2) is 21.0 Å². The second kappa shape index (κ2) is 9.03. The lowest BCUT2D eigenvalue weighted by molar-refractivity contribution is -0.137. The van der Waals surface area contributed by atoms with Crippen LogP contribution in [-0.2, 0) is 6.18 Å². The molecule has 0 radical (unpaired) electrons. The molecule has 0 bridgehead atoms. The predicted octanol–water partition coefficient (Wildman–Crippen LogP) is 4.12. The van der Waals surface area contributed by atoms with E-state index in [0.717, 1.165) is 12.1 Å². The third-order valence-electron chi connectivity index (χ3n) is 3.82. The zero-order valence-electron chi connectivity index (χ0n) is 16.0. The summed E-state index contributed by atoms with van der Waals surface area (Å²) in [6.07, 6.45) is -1.76. The number of ether oxygens (including phenoxy) is 1. The van der Waals surface area contributed by atoms with E-state index in [-0.39, 0.29) is 23.4 Å². The maximum atomic E-state index is 12.8. The Bertz CT molecular complexity index is 1100. The van der Waals surface area contributed by atoms with Crippen molar-refractivity contribution >= 4 is 17.5 Å². The van der Waals surface area contributed by atoms with Gasteiger partial charge in [-0.1, -0.05) is 12.6 Å². The van der Waals surface area contributed by atoms with Crippen LogP contribution in [0.2, 0.25) is 0 Å². The number of halogens is 3. The smallest absolute Gasteiger partial charge is 0.416 e. The fraction of sp³-hybridized carbons (Fsp3) is 0.0500. The molecular weight excluding hydrogens is 411 g/mol. The number of hydrogen-bond acceptors (Lipinski definition) is 6. The van der Waals surface area contributed by atoms with E-state index >= 15 is 0 Å². The molecule has 1 aromatic heterocycles. The van der Waals surface area contributed by atoms with Crippen LogP contribution in [0.1, 0.15) is 5.56 Å². The quantitative estimate of drug-likeness (QED) is 0.208. The standard InChI is InChI=1S/C20H18F3N7O/c1-2-26-17(11-16(24)25)31-15-8-6-12(7-9-15)18-28-19(30-29-18)27-14-5-3-4-13(10-14)20(21,22)23/h2-11,26H,1H2,(H3,24,25)(H2,27,28,29,30). The highest BCUT2D eigenvalue weighted by Gasteiger charge is 2.30. The number of nitrogens with one attached hydrogen (secondary N) is 4. The third kappa shape index (κ3) is 5.85. The van der Waals surface area contributed by atoms with Gasteiger partial charge >= 0.3 is 6.18 Å². The Hall–Kier alpha value is -4.28. The van der Waals surface area contributed by atoms with Crippen molar-refractivity contribution in [3.63, 3.8) is 0 Å². The van der Waals surface area contributed by atoms with E-state index in [2.05, 4.69) is 32.4 Å². The molecule has 11 heteroatoms. The molecule has 0 spiro atoms. The van der Waals surface area contributed by atoms with Gasteiger partial charge in [-0.25, -0.2) is 0 Å². The summed E-state index contributed by atoms with van der Waals surface area (Å²) < 4.78 is 44.1. The first-order valence-electron chi connectivity index (χ1n) is 8.83. The number of hydrogen-bond donors (Lipinski definition) is 5. The van der Waals surface area contributed by atoms with Gasteiger partial charge < -0.3 is 21.1 Å². The number of alkyl halides is 3. The Balaban J connectivity index is 1.71. The summed E-state index contributed by atoms with van der Waals surface area (Å²) >= 11 is 0. The van der Waals surface area contributed by atoms with Gasteiger partial charge in [0.05, 0.1) is 5.56 Å². The lowest BCUT2D eigenvalue weighted by Crippen LogP contribution is -2.16. The minimum Gasteiger partial charge on any atom is -0.441 e. The largest absolute Gasteiger partial charge is 0.441 e. The van der Waals surface area contributed by atoms with Gasteiger partial charge in [0.25, 0.3) is 0 Å². The number of nitrogens with zero attached hydrogens (tertiary/aromatic N) is 2. The molecule has 0 aliphatic heterocycles. The van der Waals surface area contributed by atoms with Crippen LogP contribution in [0.15, 0.2) is 73.3 Å². The van der Waals surface area contributed by atoms with Crippen LogP contribution < -0.4 is 21.1 Å². The molecular formula is C20H18F3N7O. The zero-order valence-corrected chi connectivity index (χ0v) is 16.0. The van der Waals surface area contributed by atoms with E-state index in [0.29, 0.717) is 17.1 Å². The molecule has 31 heavy (non-hydrogen) atoms. The average molecular weight is 429 g/mol. The Morgan fingerprint density at radius 3 is 2.58 bits per heavy atom. The first-order valence-corrected chi connectivity index (χ1v) is 8.83. The van der Waals surface area contributed by atoms with E-state index in [1.807, 2.05) is 0 Å². The van der Waals surface area contributed by atoms with Crippen LogP contribution in [0.3, 0.4) is 0 Å². The van der Waals surface area contributed by atoms with Gasteiger partial charge in [0.15, 0.2) is 5.82 Å². The summed E-state index contributed by atoms with van der Waals surface area (Å²) in [6.45, 7) is 3.53. The van der Waals surface area contributed by atoms with E-state index in [1.54, 1.807) is 24.3 Å². The number of benzene rings is 2. The van der Waals surface area contributed by atoms with Gasteiger partial charge in [-0.05, 0) is 48.7 Å². The summed E-state index contributed by atoms with van der Waals surface area (Å²) in [7, 11) is 0. The number of amidine groups is 1. The molecule has 0 amide bonds. The van der Waals surface area contributed by atoms with Crippen molar-refractivity contribution in [1.82, 2.24) is 20.5 Å². The van der Waals surface area contributed by atoms with E-state index < -0.39 is 11.7 Å². The highest BCUT2D eigenvalue weighted by Crippen LogP contribution is 2.31. The maximum Gasteiger partial charge on any atom is 0.416 e. The molecule has 160 valence electrons. The number of H-pyrrole nitrogens is 1. The molecule has 0 atom stereocenters. The van der Waals surface area contributed by atoms with Crippen molar-refractivity contribution < 1.29 is 17.9 Å². The first-order chi connectivity index (χ1) is 14.7. The first kappa shape index (κ1) is 21.4. The molecule has 0 unspecified atom stereocenters. The number of rotatable bonds is 8. The van der Waals surface area contributed by atoms with Gasteiger partial charge in [0.1, 0.15) is 11.6 Å². The molecule has 0 fully saturated rings. The van der Waals surface area contributed by atoms with Crippen molar-refractivity contribution in [2.45, 2.75) is 6.18 Å². The van der Waals surface area contributed by atoms with Gasteiger partial charge in [-0.3, -0.25) is 10.5 Å². The Morgan fingerprint density at radius 2 is 1.94 bits per heavy atom. The van der Waals surface area contributed by atoms with Crippen molar-refractivity contribution in [3.8, 4) is 17.1 Å². The van der Waals surface area contributed by atoms with Crippen LogP contribution in [0, 0.1) is 5.41 Å². The van der Waals surface area contributed by atoms with E-state index in [4.69, 9.17) is 15.9 Å². The minimum atomic E-state index is -4.44. The number of anilines is 2. The molecule has 3 aromatic rings. The number of nitrogens with two attached hydrogens (primary N) is 1. The summed E-state index contributed by atoms with van der Waals surface area (Å²) in [5.74, 6) is 1.03. The molecule has 0 saturated carbocycles. The van der Waals surface area contributed by atoms with E-state index in [9.17, 15) is 13.2 Å². The molecule has 3 rings (SSSR count). The number of aromatic nitrogens is 3. The fourth-order valence-corrected chi connectivity index (χ4v) is 2.50. The molecule has 0 saturated heterocycles. The molecule has 2 aromatic carbocycles. The summed E-state index contributed by atoms with van der Waals surface area (Å²) in [5, 5.41) is 19.5. The maximum absolute atomic E-state index is 12.8. The SMILES string of the molecule is C=CNC(=CC(=N)N)Oc1ccc(-c2nc(Nc3cccc(C(F)(F)F)c3)n[nH]2)cc1. The molecule has 6 N–H and O–H groups in total. The fourth-order valence-electron chi connectivity index (χ4n) is 2.50. The normalized spacial score (nSPS) is 11.6. The third-order valence-corrected chi connectivity index (χ3v) is 3.82. The predicted molar refractivity (Wildman–Crippen MR) is 111 cm³/mol. The van der Waals surface area contributed by atoms with Crippen LogP contribution in [0.5, 0.6) is 5.75 Å². The van der Waals surface area contributed by atoms with Gasteiger partial charge in [0, 0.05) is 17.3 Å². The zero-order chi connectivity index (χ0) is 22.4. The van der Waals surface area contributed by atoms with Crippen molar-refractivity contribution in [3.05, 3.63) is 78.8 Å². The van der Waals surface area contributed by atoms with Gasteiger partial charge in [-0.2, -0.15) is 18.2 Å². The molecule has 8 nitrogen and oxygen atoms in total. The van der Waals surface area contributed by atoms with Crippen molar-refractivity contribution in [2.24, 2.45) is 5.73 Å². The monoisotopic (exact) mass is 429 g/mol. The second-order valence-corrected chi connectivity index (χ2v) is 6.15. The highest BCUT2D eigenvalue weighted by molar-refractivity contribution is 5.88. The van der Waals surface area contributed by atoms with Gasteiger partial charge in [0.2, 0.25) is 11.8 Å². The molecule has 0 aliphatic rings. The summed E-state index contributed by atoms with van der Waals surface area (Å²) in [4.78, 5) is 4.25. The topological polar surface area (TPSA) is 125 Å². The van der Waals surface area contributed by atoms with Crippen LogP contribution >= 0.6 is 0 Å². The van der Waals surface area contributed by atoms with Crippen molar-refractivity contribution in [2.75, 3.05) is 5.32 Å². The number of aromatic amines is 1. The Morgan fingerprint density at radius 1 is 1.19 bits per heavy atom. The summed E-state index contributed by atoms with van der Waals surface area (Å²) in [6, 6.07) is 11.5. The lowest BCUT2D eigenvalue weighted by atomic mass is 10.2. The van der Waals surface area contributed by atoms with Gasteiger partial charge in [-0.15, -0.1) is 5.10 Å². The molecule has 1 heterocycles. The Labute approximate surface area is 175 Å².